The van der Waals surface area contributed by atoms with Crippen LogP contribution in [0.1, 0.15) is 23.7 Å². The monoisotopic (exact) mass is 419 g/mol. The molecule has 27 heavy (non-hydrogen) atoms. The van der Waals surface area contributed by atoms with Crippen molar-refractivity contribution in [3.63, 3.8) is 0 Å². The highest BCUT2D eigenvalue weighted by atomic mass is 35.5. The Labute approximate surface area is 172 Å². The van der Waals surface area contributed by atoms with Gasteiger partial charge in [0.25, 0.3) is 0 Å². The summed E-state index contributed by atoms with van der Waals surface area (Å²) in [6, 6.07) is 9.21. The molecule has 1 aliphatic heterocycles. The van der Waals surface area contributed by atoms with Gasteiger partial charge in [-0.05, 0) is 49.2 Å². The van der Waals surface area contributed by atoms with Crippen molar-refractivity contribution >= 4 is 46.3 Å². The highest BCUT2D eigenvalue weighted by Crippen LogP contribution is 2.34. The van der Waals surface area contributed by atoms with Gasteiger partial charge in [-0.25, -0.2) is 14.7 Å². The highest BCUT2D eigenvalue weighted by Gasteiger charge is 2.26. The Kier molecular flexibility index (Phi) is 4.84. The number of pyridine rings is 1. The number of nitrogens with zero attached hydrogens (tertiary/aromatic N) is 5. The van der Waals surface area contributed by atoms with Gasteiger partial charge in [0, 0.05) is 30.4 Å². The van der Waals surface area contributed by atoms with Gasteiger partial charge in [-0.3, -0.25) is 0 Å². The van der Waals surface area contributed by atoms with Gasteiger partial charge in [-0.15, -0.1) is 0 Å². The number of hydrogen-bond acceptors (Lipinski definition) is 4. The van der Waals surface area contributed by atoms with E-state index in [4.69, 9.17) is 39.8 Å². The van der Waals surface area contributed by atoms with E-state index in [2.05, 4.69) is 21.9 Å². The summed E-state index contributed by atoms with van der Waals surface area (Å²) >= 11 is 18.8. The van der Waals surface area contributed by atoms with Gasteiger partial charge in [-0.2, -0.15) is 5.10 Å². The summed E-state index contributed by atoms with van der Waals surface area (Å²) in [4.78, 5) is 11.4. The molecule has 4 rings (SSSR count). The number of aromatic nitrogens is 3. The molecule has 0 bridgehead atoms. The molecule has 0 aliphatic carbocycles. The van der Waals surface area contributed by atoms with E-state index in [1.807, 2.05) is 19.1 Å². The van der Waals surface area contributed by atoms with Gasteiger partial charge in [0.05, 0.1) is 10.7 Å². The van der Waals surface area contributed by atoms with E-state index < -0.39 is 0 Å². The van der Waals surface area contributed by atoms with Gasteiger partial charge in [-0.1, -0.05) is 34.8 Å². The van der Waals surface area contributed by atoms with Crippen LogP contribution < -0.4 is 0 Å². The minimum Gasteiger partial charge on any atom is -0.351 e. The summed E-state index contributed by atoms with van der Waals surface area (Å²) < 4.78 is 1.64. The van der Waals surface area contributed by atoms with Crippen LogP contribution in [0.2, 0.25) is 15.2 Å². The zero-order chi connectivity index (χ0) is 19.1. The first-order valence-corrected chi connectivity index (χ1v) is 9.60. The van der Waals surface area contributed by atoms with E-state index in [1.54, 1.807) is 29.1 Å². The maximum Gasteiger partial charge on any atom is 0.172 e. The molecule has 8 heteroatoms. The molecule has 0 radical (unpaired) electrons. The molecule has 0 N–H and O–H groups in total. The van der Waals surface area contributed by atoms with Gasteiger partial charge >= 0.3 is 0 Å². The van der Waals surface area contributed by atoms with Crippen LogP contribution in [0, 0.1) is 6.92 Å². The number of hydrogen-bond donors (Lipinski definition) is 0. The predicted octanol–water partition coefficient (Wildman–Crippen LogP) is 5.45. The predicted molar refractivity (Wildman–Crippen MR) is 110 cm³/mol. The summed E-state index contributed by atoms with van der Waals surface area (Å²) in [5.41, 5.74) is 3.79. The second-order valence-electron chi connectivity index (χ2n) is 6.25. The number of aryl methyl sites for hydroxylation is 1. The Morgan fingerprint density at radius 3 is 2.70 bits per heavy atom. The Hall–Kier alpha value is -2.08. The lowest BCUT2D eigenvalue weighted by atomic mass is 10.1. The van der Waals surface area contributed by atoms with Crippen LogP contribution >= 0.6 is 34.8 Å². The first-order chi connectivity index (χ1) is 13.0. The minimum atomic E-state index is 0.351. The Morgan fingerprint density at radius 2 is 1.96 bits per heavy atom. The summed E-state index contributed by atoms with van der Waals surface area (Å²) in [6.07, 6.45) is 1.67. The van der Waals surface area contributed by atoms with E-state index in [0.29, 0.717) is 27.6 Å². The van der Waals surface area contributed by atoms with Crippen molar-refractivity contribution in [2.24, 2.45) is 4.99 Å². The van der Waals surface area contributed by atoms with E-state index in [9.17, 15) is 0 Å². The topological polar surface area (TPSA) is 46.3 Å². The first kappa shape index (κ1) is 18.3. The molecule has 1 aromatic carbocycles. The second kappa shape index (κ2) is 7.15. The average molecular weight is 421 g/mol. The molecule has 0 unspecified atom stereocenters. The smallest absolute Gasteiger partial charge is 0.172 e. The summed E-state index contributed by atoms with van der Waals surface area (Å²) in [5, 5.41) is 5.94. The number of fused-ring (bicyclic) bond motifs is 1. The minimum absolute atomic E-state index is 0.351. The molecule has 0 saturated carbocycles. The number of rotatable bonds is 3. The molecule has 3 heterocycles. The van der Waals surface area contributed by atoms with Crippen molar-refractivity contribution in [2.75, 3.05) is 6.54 Å². The van der Waals surface area contributed by atoms with Crippen LogP contribution in [0.3, 0.4) is 0 Å². The SMILES string of the molecule is CCN1Cc2cc(Cl)cc(C)c2N=C1c1cc(Cl)nn1-c1ncccc1Cl. The number of halogens is 3. The van der Waals surface area contributed by atoms with E-state index in [1.165, 1.54) is 0 Å². The summed E-state index contributed by atoms with van der Waals surface area (Å²) in [6.45, 7) is 5.55. The van der Waals surface area contributed by atoms with Crippen LogP contribution in [-0.2, 0) is 6.54 Å². The molecule has 0 atom stereocenters. The Balaban J connectivity index is 1.92. The van der Waals surface area contributed by atoms with Crippen molar-refractivity contribution in [1.29, 1.82) is 0 Å². The molecular weight excluding hydrogens is 405 g/mol. The maximum absolute atomic E-state index is 6.34. The molecule has 0 fully saturated rings. The van der Waals surface area contributed by atoms with E-state index in [-0.39, 0.29) is 0 Å². The normalized spacial score (nSPS) is 13.5. The van der Waals surface area contributed by atoms with E-state index >= 15 is 0 Å². The first-order valence-electron chi connectivity index (χ1n) is 8.47. The van der Waals surface area contributed by atoms with Crippen LogP contribution in [-0.4, -0.2) is 32.0 Å². The quantitative estimate of drug-likeness (QED) is 0.566. The van der Waals surface area contributed by atoms with Crippen LogP contribution in [0.5, 0.6) is 0 Å². The lowest BCUT2D eigenvalue weighted by Crippen LogP contribution is -2.35. The Morgan fingerprint density at radius 1 is 1.15 bits per heavy atom. The molecular formula is C19H16Cl3N5. The van der Waals surface area contributed by atoms with Crippen LogP contribution in [0.25, 0.3) is 5.82 Å². The maximum atomic E-state index is 6.34. The molecule has 1 aliphatic rings. The summed E-state index contributed by atoms with van der Waals surface area (Å²) in [5.74, 6) is 1.29. The summed E-state index contributed by atoms with van der Waals surface area (Å²) in [7, 11) is 0. The number of amidine groups is 1. The van der Waals surface area contributed by atoms with Gasteiger partial charge in [0.1, 0.15) is 5.69 Å². The van der Waals surface area contributed by atoms with Crippen molar-refractivity contribution < 1.29 is 0 Å². The highest BCUT2D eigenvalue weighted by molar-refractivity contribution is 6.32. The van der Waals surface area contributed by atoms with Crippen molar-refractivity contribution in [2.45, 2.75) is 20.4 Å². The van der Waals surface area contributed by atoms with Gasteiger partial charge in [0.2, 0.25) is 0 Å². The van der Waals surface area contributed by atoms with Gasteiger partial charge < -0.3 is 4.90 Å². The molecule has 5 nitrogen and oxygen atoms in total. The van der Waals surface area contributed by atoms with Crippen molar-refractivity contribution in [3.8, 4) is 5.82 Å². The largest absolute Gasteiger partial charge is 0.351 e. The average Bonchev–Trinajstić information content (AvgIpc) is 3.02. The third kappa shape index (κ3) is 3.31. The molecule has 0 spiro atoms. The van der Waals surface area contributed by atoms with Gasteiger partial charge in [0.15, 0.2) is 16.8 Å². The molecule has 0 saturated heterocycles. The van der Waals surface area contributed by atoms with Crippen LogP contribution in [0.4, 0.5) is 5.69 Å². The fourth-order valence-corrected chi connectivity index (χ4v) is 3.91. The molecule has 2 aromatic heterocycles. The molecule has 3 aromatic rings. The lowest BCUT2D eigenvalue weighted by molar-refractivity contribution is 0.428. The lowest BCUT2D eigenvalue weighted by Gasteiger charge is -2.30. The number of benzene rings is 1. The fraction of sp³-hybridized carbons (Fsp3) is 0.211. The Bertz CT molecular complexity index is 1060. The van der Waals surface area contributed by atoms with Crippen molar-refractivity contribution in [3.05, 3.63) is 68.5 Å². The third-order valence-corrected chi connectivity index (χ3v) is 5.15. The zero-order valence-electron chi connectivity index (χ0n) is 14.7. The molecule has 0 amide bonds. The van der Waals surface area contributed by atoms with Crippen molar-refractivity contribution in [1.82, 2.24) is 19.7 Å². The van der Waals surface area contributed by atoms with Crippen LogP contribution in [0.15, 0.2) is 41.5 Å². The third-order valence-electron chi connectivity index (χ3n) is 4.45. The molecule has 138 valence electrons. The number of aliphatic imine (C=N–C) groups is 1. The standard InChI is InChI=1S/C19H16Cl3N5/c1-3-26-10-12-8-13(20)7-11(2)17(12)24-19(26)15-9-16(22)25-27(15)18-14(21)5-4-6-23-18/h4-9H,3,10H2,1-2H3. The zero-order valence-corrected chi connectivity index (χ0v) is 17.0. The fourth-order valence-electron chi connectivity index (χ4n) is 3.23. The second-order valence-corrected chi connectivity index (χ2v) is 7.48. The van der Waals surface area contributed by atoms with E-state index in [0.717, 1.165) is 34.9 Å².